The number of carbonyl (C=O) groups is 1. The summed E-state index contributed by atoms with van der Waals surface area (Å²) in [6.07, 6.45) is 1.74. The standard InChI is InChI=1S/C28H28ClNO4/c1-4-34-26(31)25-27(15-16-27)28(18-5-10-21(32-2)11-6-18,19-7-12-22(33-3)13-8-19)23-17-20(29)9-14-24(23)30-25/h5-14,17,25,30H,4,15-16H2,1-3H3. The van der Waals surface area contributed by atoms with Crippen LogP contribution in [0.15, 0.2) is 66.7 Å². The van der Waals surface area contributed by atoms with Gasteiger partial charge in [0.15, 0.2) is 0 Å². The molecule has 1 saturated carbocycles. The molecule has 5 nitrogen and oxygen atoms in total. The summed E-state index contributed by atoms with van der Waals surface area (Å²) in [5.74, 6) is 1.33. The first-order valence-corrected chi connectivity index (χ1v) is 11.9. The molecule has 1 N–H and O–H groups in total. The highest BCUT2D eigenvalue weighted by Gasteiger charge is 2.69. The predicted molar refractivity (Wildman–Crippen MR) is 133 cm³/mol. The number of methoxy groups -OCH3 is 2. The lowest BCUT2D eigenvalue weighted by atomic mass is 9.55. The van der Waals surface area contributed by atoms with Crippen molar-refractivity contribution in [3.05, 3.63) is 88.4 Å². The van der Waals surface area contributed by atoms with Gasteiger partial charge in [0, 0.05) is 16.1 Å². The molecule has 1 aliphatic heterocycles. The molecule has 1 fully saturated rings. The molecule has 0 saturated heterocycles. The van der Waals surface area contributed by atoms with Crippen LogP contribution in [0.5, 0.6) is 11.5 Å². The third-order valence-corrected chi connectivity index (χ3v) is 7.58. The normalized spacial score (nSPS) is 19.0. The maximum Gasteiger partial charge on any atom is 0.329 e. The van der Waals surface area contributed by atoms with Gasteiger partial charge in [-0.3, -0.25) is 0 Å². The van der Waals surface area contributed by atoms with E-state index in [0.717, 1.165) is 46.7 Å². The maximum atomic E-state index is 13.3. The summed E-state index contributed by atoms with van der Waals surface area (Å²) in [5.41, 5.74) is 3.04. The van der Waals surface area contributed by atoms with E-state index in [2.05, 4.69) is 29.6 Å². The zero-order chi connectivity index (χ0) is 23.9. The summed E-state index contributed by atoms with van der Waals surface area (Å²) in [6, 6.07) is 21.6. The fourth-order valence-corrected chi connectivity index (χ4v) is 5.95. The van der Waals surface area contributed by atoms with Crippen molar-refractivity contribution in [1.29, 1.82) is 0 Å². The Morgan fingerprint density at radius 2 is 1.50 bits per heavy atom. The lowest BCUT2D eigenvalue weighted by molar-refractivity contribution is -0.146. The monoisotopic (exact) mass is 477 g/mol. The van der Waals surface area contributed by atoms with Gasteiger partial charge in [0.25, 0.3) is 0 Å². The van der Waals surface area contributed by atoms with E-state index in [1.807, 2.05) is 49.4 Å². The smallest absolute Gasteiger partial charge is 0.329 e. The minimum atomic E-state index is -0.631. The third kappa shape index (κ3) is 3.25. The molecule has 2 aliphatic rings. The molecule has 1 aliphatic carbocycles. The molecule has 1 atom stereocenters. The molecular weight excluding hydrogens is 450 g/mol. The average Bonchev–Trinajstić information content (AvgIpc) is 3.66. The quantitative estimate of drug-likeness (QED) is 0.453. The van der Waals surface area contributed by atoms with E-state index in [1.165, 1.54) is 0 Å². The molecular formula is C28H28ClNO4. The Hall–Kier alpha value is -3.18. The highest BCUT2D eigenvalue weighted by molar-refractivity contribution is 6.30. The van der Waals surface area contributed by atoms with Gasteiger partial charge in [-0.1, -0.05) is 35.9 Å². The van der Waals surface area contributed by atoms with Gasteiger partial charge in [0.2, 0.25) is 0 Å². The van der Waals surface area contributed by atoms with Crippen LogP contribution in [0.2, 0.25) is 5.02 Å². The first kappa shape index (κ1) is 22.6. The van der Waals surface area contributed by atoms with Crippen LogP contribution < -0.4 is 14.8 Å². The van der Waals surface area contributed by atoms with Crippen molar-refractivity contribution < 1.29 is 19.0 Å². The van der Waals surface area contributed by atoms with Crippen molar-refractivity contribution in [1.82, 2.24) is 0 Å². The number of esters is 1. The molecule has 3 aromatic rings. The summed E-state index contributed by atoms with van der Waals surface area (Å²) in [7, 11) is 3.32. The first-order chi connectivity index (χ1) is 16.5. The van der Waals surface area contributed by atoms with Gasteiger partial charge in [-0.05, 0) is 78.9 Å². The number of ether oxygens (including phenoxy) is 3. The summed E-state index contributed by atoms with van der Waals surface area (Å²) in [4.78, 5) is 13.3. The first-order valence-electron chi connectivity index (χ1n) is 11.5. The summed E-state index contributed by atoms with van der Waals surface area (Å²) >= 11 is 6.58. The van der Waals surface area contributed by atoms with Crippen LogP contribution in [-0.2, 0) is 14.9 Å². The number of fused-ring (bicyclic) bond motifs is 1. The minimum absolute atomic E-state index is 0.230. The molecule has 6 heteroatoms. The number of hydrogen-bond acceptors (Lipinski definition) is 5. The molecule has 1 heterocycles. The van der Waals surface area contributed by atoms with Crippen molar-refractivity contribution in [2.45, 2.75) is 31.2 Å². The van der Waals surface area contributed by atoms with Crippen molar-refractivity contribution >= 4 is 23.3 Å². The van der Waals surface area contributed by atoms with Crippen molar-refractivity contribution in [2.24, 2.45) is 5.41 Å². The van der Waals surface area contributed by atoms with Gasteiger partial charge in [0.05, 0.1) is 26.2 Å². The average molecular weight is 478 g/mol. The van der Waals surface area contributed by atoms with Gasteiger partial charge >= 0.3 is 5.97 Å². The number of carbonyl (C=O) groups excluding carboxylic acids is 1. The molecule has 176 valence electrons. The Balaban J connectivity index is 1.85. The second-order valence-corrected chi connectivity index (χ2v) is 9.32. The van der Waals surface area contributed by atoms with Crippen LogP contribution in [-0.4, -0.2) is 32.8 Å². The fourth-order valence-electron chi connectivity index (χ4n) is 5.77. The van der Waals surface area contributed by atoms with Crippen molar-refractivity contribution in [3.8, 4) is 11.5 Å². The van der Waals surface area contributed by atoms with Gasteiger partial charge in [0.1, 0.15) is 17.5 Å². The summed E-state index contributed by atoms with van der Waals surface area (Å²) in [6.45, 7) is 2.17. The Kier molecular flexibility index (Phi) is 5.68. The highest BCUT2D eigenvalue weighted by Crippen LogP contribution is 2.70. The van der Waals surface area contributed by atoms with Gasteiger partial charge < -0.3 is 19.5 Å². The van der Waals surface area contributed by atoms with E-state index < -0.39 is 16.9 Å². The van der Waals surface area contributed by atoms with Crippen molar-refractivity contribution in [3.63, 3.8) is 0 Å². The van der Waals surface area contributed by atoms with E-state index in [-0.39, 0.29) is 5.97 Å². The van der Waals surface area contributed by atoms with E-state index in [0.29, 0.717) is 11.6 Å². The molecule has 1 spiro atoms. The van der Waals surface area contributed by atoms with Crippen molar-refractivity contribution in [2.75, 3.05) is 26.1 Å². The molecule has 0 aromatic heterocycles. The summed E-state index contributed by atoms with van der Waals surface area (Å²) < 4.78 is 16.5. The Bertz CT molecular complexity index is 1150. The number of halogens is 1. The minimum Gasteiger partial charge on any atom is -0.497 e. The van der Waals surface area contributed by atoms with E-state index in [4.69, 9.17) is 25.8 Å². The highest BCUT2D eigenvalue weighted by atomic mass is 35.5. The van der Waals surface area contributed by atoms with Crippen LogP contribution in [0.25, 0.3) is 0 Å². The molecule has 1 unspecified atom stereocenters. The topological polar surface area (TPSA) is 56.8 Å². The largest absolute Gasteiger partial charge is 0.497 e. The molecule has 5 rings (SSSR count). The number of benzene rings is 3. The molecule has 0 bridgehead atoms. The maximum absolute atomic E-state index is 13.3. The SMILES string of the molecule is CCOC(=O)C1Nc2ccc(Cl)cc2C(c2ccc(OC)cc2)(c2ccc(OC)cc2)C12CC2. The second-order valence-electron chi connectivity index (χ2n) is 8.88. The number of rotatable bonds is 6. The Morgan fingerprint density at radius 1 is 0.941 bits per heavy atom. The number of anilines is 1. The van der Waals surface area contributed by atoms with Gasteiger partial charge in [-0.2, -0.15) is 0 Å². The Labute approximate surface area is 205 Å². The van der Waals surface area contributed by atoms with Gasteiger partial charge in [-0.25, -0.2) is 4.79 Å². The lowest BCUT2D eigenvalue weighted by Gasteiger charge is -2.51. The van der Waals surface area contributed by atoms with Crippen LogP contribution in [0, 0.1) is 5.41 Å². The summed E-state index contributed by atoms with van der Waals surface area (Å²) in [5, 5.41) is 4.17. The molecule has 3 aromatic carbocycles. The predicted octanol–water partition coefficient (Wildman–Crippen LogP) is 5.83. The second kappa shape index (κ2) is 8.55. The lowest BCUT2D eigenvalue weighted by Crippen LogP contribution is -2.56. The zero-order valence-electron chi connectivity index (χ0n) is 19.6. The van der Waals surface area contributed by atoms with E-state index in [9.17, 15) is 4.79 Å². The Morgan fingerprint density at radius 3 is 1.97 bits per heavy atom. The van der Waals surface area contributed by atoms with E-state index >= 15 is 0 Å². The van der Waals surface area contributed by atoms with Crippen LogP contribution >= 0.6 is 11.6 Å². The zero-order valence-corrected chi connectivity index (χ0v) is 20.3. The van der Waals surface area contributed by atoms with Crippen LogP contribution in [0.4, 0.5) is 5.69 Å². The number of hydrogen-bond donors (Lipinski definition) is 1. The third-order valence-electron chi connectivity index (χ3n) is 7.34. The number of nitrogens with one attached hydrogen (secondary N) is 1. The van der Waals surface area contributed by atoms with Gasteiger partial charge in [-0.15, -0.1) is 0 Å². The molecule has 0 radical (unpaired) electrons. The fraction of sp³-hybridized carbons (Fsp3) is 0.321. The van der Waals surface area contributed by atoms with E-state index in [1.54, 1.807) is 14.2 Å². The van der Waals surface area contributed by atoms with Crippen LogP contribution in [0.1, 0.15) is 36.5 Å². The molecule has 0 amide bonds. The molecule has 34 heavy (non-hydrogen) atoms. The van der Waals surface area contributed by atoms with Crippen LogP contribution in [0.3, 0.4) is 0 Å².